The van der Waals surface area contributed by atoms with E-state index in [1.165, 1.54) is 18.2 Å². The lowest BCUT2D eigenvalue weighted by atomic mass is 10.2. The fraction of sp³-hybridized carbons (Fsp3) is 0.0556. The zero-order valence-electron chi connectivity index (χ0n) is 13.6. The number of nitrogens with one attached hydrogen (secondary N) is 1. The van der Waals surface area contributed by atoms with Crippen LogP contribution in [0.15, 0.2) is 52.4 Å². The Labute approximate surface area is 153 Å². The number of hydrogen-bond donors (Lipinski definition) is 3. The van der Waals surface area contributed by atoms with Crippen molar-refractivity contribution in [2.45, 2.75) is 0 Å². The highest BCUT2D eigenvalue weighted by atomic mass is 32.2. The van der Waals surface area contributed by atoms with E-state index in [0.29, 0.717) is 21.5 Å². The largest absolute Gasteiger partial charge is 0.507 e. The Bertz CT molecular complexity index is 952. The second kappa shape index (κ2) is 7.32. The molecule has 1 amide bonds. The van der Waals surface area contributed by atoms with E-state index in [1.54, 1.807) is 19.3 Å². The van der Waals surface area contributed by atoms with Gasteiger partial charge in [0.15, 0.2) is 5.17 Å². The van der Waals surface area contributed by atoms with E-state index in [4.69, 9.17) is 9.84 Å². The Hall–Kier alpha value is -3.26. The number of carboxylic acids is 1. The molecule has 0 bridgehead atoms. The van der Waals surface area contributed by atoms with E-state index in [2.05, 4.69) is 10.3 Å². The number of methoxy groups -OCH3 is 1. The van der Waals surface area contributed by atoms with Gasteiger partial charge in [-0.3, -0.25) is 4.79 Å². The Morgan fingerprint density at radius 2 is 2.08 bits per heavy atom. The van der Waals surface area contributed by atoms with E-state index < -0.39 is 5.97 Å². The maximum Gasteiger partial charge on any atom is 0.339 e. The molecule has 1 aliphatic rings. The van der Waals surface area contributed by atoms with E-state index in [9.17, 15) is 14.7 Å². The number of aliphatic imine (C=N–C) groups is 1. The number of ether oxygens (including phenoxy) is 1. The number of thioether (sulfide) groups is 1. The van der Waals surface area contributed by atoms with Crippen molar-refractivity contribution in [3.05, 3.63) is 58.5 Å². The van der Waals surface area contributed by atoms with E-state index in [1.807, 2.05) is 18.2 Å². The van der Waals surface area contributed by atoms with Crippen LogP contribution in [0.4, 0.5) is 5.69 Å². The molecule has 1 heterocycles. The molecule has 2 aromatic rings. The van der Waals surface area contributed by atoms with E-state index >= 15 is 0 Å². The van der Waals surface area contributed by atoms with Crippen molar-refractivity contribution in [1.29, 1.82) is 0 Å². The second-order valence-electron chi connectivity index (χ2n) is 5.26. The number of amidine groups is 1. The zero-order chi connectivity index (χ0) is 18.7. The van der Waals surface area contributed by atoms with Gasteiger partial charge in [0.1, 0.15) is 17.1 Å². The normalized spacial score (nSPS) is 16.7. The zero-order valence-corrected chi connectivity index (χ0v) is 14.4. The third-order valence-electron chi connectivity index (χ3n) is 3.48. The van der Waals surface area contributed by atoms with Crippen molar-refractivity contribution in [1.82, 2.24) is 5.32 Å². The van der Waals surface area contributed by atoms with Crippen LogP contribution in [0, 0.1) is 0 Å². The molecule has 3 rings (SSSR count). The summed E-state index contributed by atoms with van der Waals surface area (Å²) in [6.45, 7) is 0. The number of nitrogens with zero attached hydrogens (tertiary/aromatic N) is 1. The smallest absolute Gasteiger partial charge is 0.339 e. The van der Waals surface area contributed by atoms with Gasteiger partial charge in [-0.2, -0.15) is 0 Å². The van der Waals surface area contributed by atoms with Gasteiger partial charge >= 0.3 is 5.97 Å². The van der Waals surface area contributed by atoms with Crippen molar-refractivity contribution < 1.29 is 24.5 Å². The number of aromatic carboxylic acids is 1. The van der Waals surface area contributed by atoms with E-state index in [-0.39, 0.29) is 17.2 Å². The highest BCUT2D eigenvalue weighted by Gasteiger charge is 2.24. The fourth-order valence-electron chi connectivity index (χ4n) is 2.25. The standard InChI is InChI=1S/C18H14N2O5S/c1-25-12-4-2-3-10(7-12)8-15-16(22)20-18(26-15)19-11-5-6-13(17(23)24)14(21)9-11/h2-9,21H,1H3,(H,23,24)(H,19,20,22)/b15-8-. The summed E-state index contributed by atoms with van der Waals surface area (Å²) < 4.78 is 5.16. The Kier molecular flexibility index (Phi) is 4.94. The molecule has 8 heteroatoms. The van der Waals surface area contributed by atoms with Crippen LogP contribution < -0.4 is 10.1 Å². The number of aromatic hydroxyl groups is 1. The molecule has 0 aromatic heterocycles. The van der Waals surface area contributed by atoms with Crippen molar-refractivity contribution in [3.63, 3.8) is 0 Å². The molecular weight excluding hydrogens is 356 g/mol. The summed E-state index contributed by atoms with van der Waals surface area (Å²) in [5.41, 5.74) is 0.931. The maximum absolute atomic E-state index is 12.1. The monoisotopic (exact) mass is 370 g/mol. The second-order valence-corrected chi connectivity index (χ2v) is 6.30. The van der Waals surface area contributed by atoms with Crippen molar-refractivity contribution in [2.24, 2.45) is 4.99 Å². The lowest BCUT2D eigenvalue weighted by Crippen LogP contribution is -2.19. The Morgan fingerprint density at radius 1 is 1.27 bits per heavy atom. The molecule has 26 heavy (non-hydrogen) atoms. The van der Waals surface area contributed by atoms with Crippen LogP contribution in [0.25, 0.3) is 6.08 Å². The van der Waals surface area contributed by atoms with Gasteiger partial charge in [-0.15, -0.1) is 0 Å². The lowest BCUT2D eigenvalue weighted by Gasteiger charge is -2.01. The predicted molar refractivity (Wildman–Crippen MR) is 98.9 cm³/mol. The molecule has 0 saturated carbocycles. The topological polar surface area (TPSA) is 108 Å². The summed E-state index contributed by atoms with van der Waals surface area (Å²) in [6.07, 6.45) is 1.72. The van der Waals surface area contributed by atoms with Crippen LogP contribution in [0.1, 0.15) is 15.9 Å². The molecule has 3 N–H and O–H groups in total. The van der Waals surface area contributed by atoms with Crippen LogP contribution in [-0.4, -0.2) is 34.4 Å². The number of benzene rings is 2. The first kappa shape index (κ1) is 17.6. The number of carbonyl (C=O) groups excluding carboxylic acids is 1. The SMILES string of the molecule is COc1cccc(/C=C2\SC(=Nc3ccc(C(=O)O)c(O)c3)NC2=O)c1. The van der Waals surface area contributed by atoms with Gasteiger partial charge in [-0.1, -0.05) is 12.1 Å². The van der Waals surface area contributed by atoms with Crippen LogP contribution in [0.3, 0.4) is 0 Å². The molecule has 0 unspecified atom stereocenters. The number of phenols is 1. The van der Waals surface area contributed by atoms with Gasteiger partial charge in [-0.25, -0.2) is 9.79 Å². The first-order valence-corrected chi connectivity index (χ1v) is 8.28. The molecule has 0 atom stereocenters. The van der Waals surface area contributed by atoms with Crippen molar-refractivity contribution >= 4 is 40.6 Å². The van der Waals surface area contributed by atoms with Gasteiger partial charge in [-0.05, 0) is 47.7 Å². The average molecular weight is 370 g/mol. The molecule has 0 aliphatic carbocycles. The summed E-state index contributed by atoms with van der Waals surface area (Å²) in [7, 11) is 1.57. The van der Waals surface area contributed by atoms with Crippen molar-refractivity contribution in [2.75, 3.05) is 7.11 Å². The van der Waals surface area contributed by atoms with Crippen LogP contribution >= 0.6 is 11.8 Å². The molecule has 1 aliphatic heterocycles. The van der Waals surface area contributed by atoms with Gasteiger partial charge in [0.25, 0.3) is 5.91 Å². The number of amides is 1. The number of carbonyl (C=O) groups is 2. The molecule has 0 spiro atoms. The van der Waals surface area contributed by atoms with Gasteiger partial charge in [0.05, 0.1) is 17.7 Å². The number of carboxylic acid groups (broad SMARTS) is 1. The molecule has 1 saturated heterocycles. The molecule has 0 radical (unpaired) electrons. The summed E-state index contributed by atoms with van der Waals surface area (Å²) in [5, 5.41) is 21.6. The molecular formula is C18H14N2O5S. The molecule has 132 valence electrons. The van der Waals surface area contributed by atoms with E-state index in [0.717, 1.165) is 17.3 Å². The highest BCUT2D eigenvalue weighted by Crippen LogP contribution is 2.30. The highest BCUT2D eigenvalue weighted by molar-refractivity contribution is 8.18. The third-order valence-corrected chi connectivity index (χ3v) is 4.39. The van der Waals surface area contributed by atoms with Gasteiger partial charge in [0, 0.05) is 6.07 Å². The van der Waals surface area contributed by atoms with Crippen molar-refractivity contribution in [3.8, 4) is 11.5 Å². The molecule has 7 nitrogen and oxygen atoms in total. The maximum atomic E-state index is 12.1. The molecule has 1 fully saturated rings. The van der Waals surface area contributed by atoms with Crippen LogP contribution in [0.5, 0.6) is 11.5 Å². The third kappa shape index (κ3) is 3.86. The van der Waals surface area contributed by atoms with Gasteiger partial charge < -0.3 is 20.3 Å². The summed E-state index contributed by atoms with van der Waals surface area (Å²) in [6, 6.07) is 11.2. The summed E-state index contributed by atoms with van der Waals surface area (Å²) in [5.74, 6) is -1.22. The van der Waals surface area contributed by atoms with Crippen LogP contribution in [-0.2, 0) is 4.79 Å². The quantitative estimate of drug-likeness (QED) is 0.714. The summed E-state index contributed by atoms with van der Waals surface area (Å²) >= 11 is 1.15. The lowest BCUT2D eigenvalue weighted by molar-refractivity contribution is -0.115. The minimum atomic E-state index is -1.23. The van der Waals surface area contributed by atoms with Crippen LogP contribution in [0.2, 0.25) is 0 Å². The Morgan fingerprint density at radius 3 is 2.77 bits per heavy atom. The Balaban J connectivity index is 1.83. The fourth-order valence-corrected chi connectivity index (χ4v) is 3.09. The predicted octanol–water partition coefficient (Wildman–Crippen LogP) is 2.99. The number of hydrogen-bond acceptors (Lipinski definition) is 6. The minimum absolute atomic E-state index is 0.212. The summed E-state index contributed by atoms with van der Waals surface area (Å²) in [4.78, 5) is 27.7. The van der Waals surface area contributed by atoms with Gasteiger partial charge in [0.2, 0.25) is 0 Å². The first-order valence-electron chi connectivity index (χ1n) is 7.46. The number of rotatable bonds is 4. The average Bonchev–Trinajstić information content (AvgIpc) is 2.94. The first-order chi connectivity index (χ1) is 12.5. The minimum Gasteiger partial charge on any atom is -0.507 e. The molecule has 2 aromatic carbocycles.